The van der Waals surface area contributed by atoms with E-state index in [-0.39, 0.29) is 6.23 Å². The Balaban J connectivity index is 2.79. The Morgan fingerprint density at radius 3 is 2.73 bits per heavy atom. The van der Waals surface area contributed by atoms with Gasteiger partial charge in [0.05, 0.1) is 0 Å². The molecule has 0 radical (unpaired) electrons. The van der Waals surface area contributed by atoms with Gasteiger partial charge in [0, 0.05) is 12.5 Å². The third-order valence-electron chi connectivity index (χ3n) is 2.58. The summed E-state index contributed by atoms with van der Waals surface area (Å²) in [6.07, 6.45) is 8.07. The maximum atomic E-state index is 9.42. The zero-order valence-corrected chi connectivity index (χ0v) is 9.24. The lowest BCUT2D eigenvalue weighted by molar-refractivity contribution is 0.158. The number of rotatable bonds is 4. The number of nitrogens with one attached hydrogen (secondary N) is 1. The molecule has 2 unspecified atom stereocenters. The van der Waals surface area contributed by atoms with Crippen LogP contribution >= 0.6 is 0 Å². The SMILES string of the molecule is C=CC=C(C(=C)C=CC)C1CNC(O)C1. The second-order valence-corrected chi connectivity index (χ2v) is 3.74. The standard InChI is InChI=1S/C13H19NO/c1-4-6-10(3)12(7-5-2)11-8-13(15)14-9-11/h4-7,11,13-15H,2-3,8-9H2,1H3. The van der Waals surface area contributed by atoms with E-state index in [1.54, 1.807) is 6.08 Å². The van der Waals surface area contributed by atoms with Crippen LogP contribution < -0.4 is 5.32 Å². The largest absolute Gasteiger partial charge is 0.379 e. The number of hydrogen-bond donors (Lipinski definition) is 2. The molecule has 0 aromatic rings. The van der Waals surface area contributed by atoms with Gasteiger partial charge in [-0.25, -0.2) is 0 Å². The second-order valence-electron chi connectivity index (χ2n) is 3.74. The minimum Gasteiger partial charge on any atom is -0.379 e. The molecule has 1 fully saturated rings. The van der Waals surface area contributed by atoms with Crippen LogP contribution in [-0.2, 0) is 0 Å². The van der Waals surface area contributed by atoms with Gasteiger partial charge in [-0.1, -0.05) is 37.5 Å². The van der Waals surface area contributed by atoms with Gasteiger partial charge in [0.25, 0.3) is 0 Å². The molecular weight excluding hydrogens is 186 g/mol. The van der Waals surface area contributed by atoms with Gasteiger partial charge in [0.2, 0.25) is 0 Å². The third-order valence-corrected chi connectivity index (χ3v) is 2.58. The first kappa shape index (κ1) is 12.0. The zero-order chi connectivity index (χ0) is 11.3. The number of hydrogen-bond acceptors (Lipinski definition) is 2. The maximum absolute atomic E-state index is 9.42. The van der Waals surface area contributed by atoms with Gasteiger partial charge in [-0.3, -0.25) is 5.32 Å². The van der Waals surface area contributed by atoms with E-state index in [0.717, 1.165) is 24.1 Å². The molecule has 2 atom stereocenters. The average Bonchev–Trinajstić information content (AvgIpc) is 2.61. The molecular formula is C13H19NO. The van der Waals surface area contributed by atoms with Gasteiger partial charge in [0.15, 0.2) is 0 Å². The summed E-state index contributed by atoms with van der Waals surface area (Å²) in [5.41, 5.74) is 2.16. The highest BCUT2D eigenvalue weighted by molar-refractivity contribution is 5.41. The smallest absolute Gasteiger partial charge is 0.105 e. The normalized spacial score (nSPS) is 27.2. The molecule has 0 aromatic heterocycles. The lowest BCUT2D eigenvalue weighted by Gasteiger charge is -2.13. The molecule has 1 heterocycles. The summed E-state index contributed by atoms with van der Waals surface area (Å²) in [5, 5.41) is 12.4. The van der Waals surface area contributed by atoms with E-state index in [1.165, 1.54) is 0 Å². The van der Waals surface area contributed by atoms with E-state index in [0.29, 0.717) is 5.92 Å². The van der Waals surface area contributed by atoms with Gasteiger partial charge in [-0.15, -0.1) is 0 Å². The summed E-state index contributed by atoms with van der Waals surface area (Å²) < 4.78 is 0. The van der Waals surface area contributed by atoms with E-state index in [9.17, 15) is 5.11 Å². The van der Waals surface area contributed by atoms with Gasteiger partial charge < -0.3 is 5.11 Å². The van der Waals surface area contributed by atoms with Crippen molar-refractivity contribution >= 4 is 0 Å². The van der Waals surface area contributed by atoms with Crippen molar-refractivity contribution in [1.82, 2.24) is 5.32 Å². The van der Waals surface area contributed by atoms with E-state index in [2.05, 4.69) is 18.5 Å². The topological polar surface area (TPSA) is 32.3 Å². The zero-order valence-electron chi connectivity index (χ0n) is 9.24. The maximum Gasteiger partial charge on any atom is 0.105 e. The summed E-state index contributed by atoms with van der Waals surface area (Å²) in [5.74, 6) is 0.335. The molecule has 15 heavy (non-hydrogen) atoms. The lowest BCUT2D eigenvalue weighted by Crippen LogP contribution is -2.19. The van der Waals surface area contributed by atoms with Crippen LogP contribution in [0.4, 0.5) is 0 Å². The van der Waals surface area contributed by atoms with Crippen molar-refractivity contribution in [3.8, 4) is 0 Å². The summed E-state index contributed by atoms with van der Waals surface area (Å²) in [4.78, 5) is 0. The van der Waals surface area contributed by atoms with Crippen LogP contribution in [0.15, 0.2) is 48.6 Å². The molecule has 1 saturated heterocycles. The molecule has 1 rings (SSSR count). The highest BCUT2D eigenvalue weighted by atomic mass is 16.3. The summed E-state index contributed by atoms with van der Waals surface area (Å²) in [6.45, 7) is 10.5. The Bertz CT molecular complexity index is 302. The Labute approximate surface area is 91.7 Å². The van der Waals surface area contributed by atoms with Crippen molar-refractivity contribution in [2.75, 3.05) is 6.54 Å². The lowest BCUT2D eigenvalue weighted by atomic mass is 9.91. The first-order chi connectivity index (χ1) is 7.19. The Kier molecular flexibility index (Phi) is 4.53. The molecule has 2 N–H and O–H groups in total. The minimum atomic E-state index is -0.387. The molecule has 0 aliphatic carbocycles. The van der Waals surface area contributed by atoms with Crippen LogP contribution in [0, 0.1) is 5.92 Å². The fourth-order valence-corrected chi connectivity index (χ4v) is 1.88. The van der Waals surface area contributed by atoms with Crippen molar-refractivity contribution in [2.24, 2.45) is 5.92 Å². The van der Waals surface area contributed by atoms with Gasteiger partial charge in [-0.05, 0) is 24.5 Å². The van der Waals surface area contributed by atoms with Crippen LogP contribution in [-0.4, -0.2) is 17.9 Å². The quantitative estimate of drug-likeness (QED) is 0.689. The Morgan fingerprint density at radius 1 is 1.53 bits per heavy atom. The third kappa shape index (κ3) is 3.18. The molecule has 2 heteroatoms. The summed E-state index contributed by atoms with van der Waals surface area (Å²) in [7, 11) is 0. The Hall–Kier alpha value is -1.12. The van der Waals surface area contributed by atoms with E-state index < -0.39 is 0 Å². The van der Waals surface area contributed by atoms with Crippen molar-refractivity contribution in [3.63, 3.8) is 0 Å². The van der Waals surface area contributed by atoms with Crippen molar-refractivity contribution in [1.29, 1.82) is 0 Å². The van der Waals surface area contributed by atoms with Crippen LogP contribution in [0.1, 0.15) is 13.3 Å². The molecule has 0 aromatic carbocycles. The van der Waals surface area contributed by atoms with Crippen LogP contribution in [0.5, 0.6) is 0 Å². The molecule has 0 bridgehead atoms. The summed E-state index contributed by atoms with van der Waals surface area (Å²) >= 11 is 0. The van der Waals surface area contributed by atoms with Crippen LogP contribution in [0.3, 0.4) is 0 Å². The molecule has 1 aliphatic rings. The fourth-order valence-electron chi connectivity index (χ4n) is 1.88. The Morgan fingerprint density at radius 2 is 2.27 bits per heavy atom. The van der Waals surface area contributed by atoms with Gasteiger partial charge >= 0.3 is 0 Å². The molecule has 0 amide bonds. The highest BCUT2D eigenvalue weighted by Crippen LogP contribution is 2.26. The number of allylic oxidation sites excluding steroid dienone is 5. The minimum absolute atomic E-state index is 0.335. The van der Waals surface area contributed by atoms with E-state index >= 15 is 0 Å². The second kappa shape index (κ2) is 5.69. The average molecular weight is 205 g/mol. The van der Waals surface area contributed by atoms with Gasteiger partial charge in [-0.2, -0.15) is 0 Å². The molecule has 0 saturated carbocycles. The molecule has 0 spiro atoms. The van der Waals surface area contributed by atoms with Crippen molar-refractivity contribution in [2.45, 2.75) is 19.6 Å². The van der Waals surface area contributed by atoms with Crippen LogP contribution in [0.2, 0.25) is 0 Å². The van der Waals surface area contributed by atoms with Crippen LogP contribution in [0.25, 0.3) is 0 Å². The molecule has 82 valence electrons. The molecule has 1 aliphatic heterocycles. The predicted octanol–water partition coefficient (Wildman–Crippen LogP) is 2.16. The fraction of sp³-hybridized carbons (Fsp3) is 0.385. The molecule has 2 nitrogen and oxygen atoms in total. The summed E-state index contributed by atoms with van der Waals surface area (Å²) in [6, 6.07) is 0. The number of aliphatic hydroxyl groups is 1. The number of aliphatic hydroxyl groups excluding tert-OH is 1. The highest BCUT2D eigenvalue weighted by Gasteiger charge is 2.25. The van der Waals surface area contributed by atoms with Crippen molar-refractivity contribution in [3.05, 3.63) is 48.6 Å². The van der Waals surface area contributed by atoms with E-state index in [1.807, 2.05) is 25.2 Å². The predicted molar refractivity (Wildman–Crippen MR) is 64.4 cm³/mol. The van der Waals surface area contributed by atoms with Gasteiger partial charge in [0.1, 0.15) is 6.23 Å². The van der Waals surface area contributed by atoms with Crippen molar-refractivity contribution < 1.29 is 5.11 Å². The monoisotopic (exact) mass is 205 g/mol. The van der Waals surface area contributed by atoms with E-state index in [4.69, 9.17) is 0 Å². The first-order valence-electron chi connectivity index (χ1n) is 5.25. The first-order valence-corrected chi connectivity index (χ1v) is 5.25.